The molecule has 0 bridgehead atoms. The molecular weight excluding hydrogens is 362 g/mol. The van der Waals surface area contributed by atoms with Crippen molar-refractivity contribution in [3.05, 3.63) is 23.8 Å². The second-order valence-electron chi connectivity index (χ2n) is 7.39. The molecule has 28 heavy (non-hydrogen) atoms. The predicted molar refractivity (Wildman–Crippen MR) is 102 cm³/mol. The topological polar surface area (TPSA) is 97.0 Å². The van der Waals surface area contributed by atoms with Crippen molar-refractivity contribution in [3.63, 3.8) is 0 Å². The van der Waals surface area contributed by atoms with Gasteiger partial charge in [0.05, 0.1) is 14.2 Å². The number of amides is 4. The molecule has 152 valence electrons. The van der Waals surface area contributed by atoms with Gasteiger partial charge in [0.2, 0.25) is 5.91 Å². The summed E-state index contributed by atoms with van der Waals surface area (Å²) in [5, 5.41) is 5.60. The van der Waals surface area contributed by atoms with E-state index in [9.17, 15) is 14.4 Å². The summed E-state index contributed by atoms with van der Waals surface area (Å²) in [6, 6.07) is 4.80. The molecule has 2 N–H and O–H groups in total. The minimum atomic E-state index is -0.856. The lowest BCUT2D eigenvalue weighted by Crippen LogP contribution is -2.54. The average molecular weight is 389 g/mol. The van der Waals surface area contributed by atoms with Gasteiger partial charge in [0.15, 0.2) is 0 Å². The lowest BCUT2D eigenvalue weighted by molar-refractivity contribution is -0.137. The van der Waals surface area contributed by atoms with Gasteiger partial charge in [-0.15, -0.1) is 0 Å². The molecule has 1 heterocycles. The maximum atomic E-state index is 12.9. The van der Waals surface area contributed by atoms with Crippen LogP contribution in [0.15, 0.2) is 18.2 Å². The fourth-order valence-corrected chi connectivity index (χ4v) is 4.05. The van der Waals surface area contributed by atoms with Crippen LogP contribution in [0, 0.1) is 5.92 Å². The zero-order valence-electron chi connectivity index (χ0n) is 16.5. The number of imide groups is 1. The zero-order valence-corrected chi connectivity index (χ0v) is 16.5. The summed E-state index contributed by atoms with van der Waals surface area (Å²) in [6.07, 6.45) is 3.46. The molecule has 1 aromatic rings. The van der Waals surface area contributed by atoms with Crippen molar-refractivity contribution in [2.45, 2.75) is 44.7 Å². The number of hydrogen-bond acceptors (Lipinski definition) is 5. The number of urea groups is 1. The second kappa shape index (κ2) is 8.08. The summed E-state index contributed by atoms with van der Waals surface area (Å²) < 4.78 is 10.5. The summed E-state index contributed by atoms with van der Waals surface area (Å²) in [4.78, 5) is 38.7. The highest BCUT2D eigenvalue weighted by Gasteiger charge is 2.55. The van der Waals surface area contributed by atoms with E-state index >= 15 is 0 Å². The van der Waals surface area contributed by atoms with Crippen molar-refractivity contribution in [1.82, 2.24) is 15.5 Å². The number of methoxy groups -OCH3 is 2. The first-order chi connectivity index (χ1) is 13.4. The SMILES string of the molecule is COc1ccc(OC)c(CNC(=O)CN2C(=O)NC3(CCCCC3C)C2=O)c1. The monoisotopic (exact) mass is 389 g/mol. The number of rotatable bonds is 6. The molecule has 3 rings (SSSR count). The Bertz CT molecular complexity index is 781. The molecule has 0 radical (unpaired) electrons. The molecule has 1 aliphatic heterocycles. The van der Waals surface area contributed by atoms with Crippen LogP contribution in [0.5, 0.6) is 11.5 Å². The Morgan fingerprint density at radius 2 is 2.07 bits per heavy atom. The Morgan fingerprint density at radius 1 is 1.29 bits per heavy atom. The van der Waals surface area contributed by atoms with Crippen molar-refractivity contribution in [3.8, 4) is 11.5 Å². The number of carbonyl (C=O) groups is 3. The largest absolute Gasteiger partial charge is 0.497 e. The van der Waals surface area contributed by atoms with Gasteiger partial charge in [-0.05, 0) is 37.0 Å². The van der Waals surface area contributed by atoms with E-state index in [4.69, 9.17) is 9.47 Å². The maximum absolute atomic E-state index is 12.9. The van der Waals surface area contributed by atoms with Gasteiger partial charge in [-0.3, -0.25) is 14.5 Å². The Morgan fingerprint density at radius 3 is 2.75 bits per heavy atom. The van der Waals surface area contributed by atoms with Gasteiger partial charge >= 0.3 is 6.03 Å². The molecule has 8 nitrogen and oxygen atoms in total. The van der Waals surface area contributed by atoms with Gasteiger partial charge in [0.25, 0.3) is 5.91 Å². The van der Waals surface area contributed by atoms with E-state index < -0.39 is 17.5 Å². The molecule has 2 unspecified atom stereocenters. The molecule has 2 fully saturated rings. The summed E-state index contributed by atoms with van der Waals surface area (Å²) in [5.74, 6) is 0.623. The van der Waals surface area contributed by atoms with Crippen LogP contribution >= 0.6 is 0 Å². The summed E-state index contributed by atoms with van der Waals surface area (Å²) in [7, 11) is 3.11. The van der Waals surface area contributed by atoms with Crippen LogP contribution in [0.1, 0.15) is 38.2 Å². The van der Waals surface area contributed by atoms with E-state index in [-0.39, 0.29) is 24.9 Å². The van der Waals surface area contributed by atoms with Crippen molar-refractivity contribution >= 4 is 17.8 Å². The molecular formula is C20H27N3O5. The highest BCUT2D eigenvalue weighted by Crippen LogP contribution is 2.38. The molecule has 8 heteroatoms. The quantitative estimate of drug-likeness (QED) is 0.724. The number of ether oxygens (including phenoxy) is 2. The second-order valence-corrected chi connectivity index (χ2v) is 7.39. The number of benzene rings is 1. The Balaban J connectivity index is 1.64. The van der Waals surface area contributed by atoms with E-state index in [1.807, 2.05) is 6.92 Å². The van der Waals surface area contributed by atoms with Gasteiger partial charge < -0.3 is 20.1 Å². The van der Waals surface area contributed by atoms with Crippen LogP contribution < -0.4 is 20.1 Å². The lowest BCUT2D eigenvalue weighted by atomic mass is 9.73. The summed E-state index contributed by atoms with van der Waals surface area (Å²) in [6.45, 7) is 1.88. The zero-order chi connectivity index (χ0) is 20.3. The van der Waals surface area contributed by atoms with Gasteiger partial charge in [-0.25, -0.2) is 4.79 Å². The van der Waals surface area contributed by atoms with Crippen molar-refractivity contribution < 1.29 is 23.9 Å². The fraction of sp³-hybridized carbons (Fsp3) is 0.550. The van der Waals surface area contributed by atoms with Crippen LogP contribution in [0.25, 0.3) is 0 Å². The third kappa shape index (κ3) is 3.63. The summed E-state index contributed by atoms with van der Waals surface area (Å²) >= 11 is 0. The molecule has 1 aromatic carbocycles. The van der Waals surface area contributed by atoms with Crippen LogP contribution in [0.2, 0.25) is 0 Å². The summed E-state index contributed by atoms with van der Waals surface area (Å²) in [5.41, 5.74) is -0.115. The third-order valence-electron chi connectivity index (χ3n) is 5.77. The van der Waals surface area contributed by atoms with Gasteiger partial charge in [0, 0.05) is 12.1 Å². The van der Waals surface area contributed by atoms with E-state index in [1.165, 1.54) is 0 Å². The molecule has 1 saturated carbocycles. The molecule has 2 atom stereocenters. The molecule has 0 aromatic heterocycles. The van der Waals surface area contributed by atoms with E-state index in [0.717, 1.165) is 29.7 Å². The number of hydrogen-bond donors (Lipinski definition) is 2. The van der Waals surface area contributed by atoms with Crippen molar-refractivity contribution in [2.75, 3.05) is 20.8 Å². The van der Waals surface area contributed by atoms with E-state index in [0.29, 0.717) is 17.9 Å². The first-order valence-corrected chi connectivity index (χ1v) is 9.53. The Hall–Kier alpha value is -2.77. The minimum absolute atomic E-state index is 0.0619. The molecule has 1 saturated heterocycles. The van der Waals surface area contributed by atoms with Gasteiger partial charge in [-0.2, -0.15) is 0 Å². The molecule has 1 aliphatic carbocycles. The smallest absolute Gasteiger partial charge is 0.325 e. The van der Waals surface area contributed by atoms with Crippen molar-refractivity contribution in [2.24, 2.45) is 5.92 Å². The molecule has 4 amide bonds. The normalized spacial score (nSPS) is 24.2. The van der Waals surface area contributed by atoms with Crippen molar-refractivity contribution in [1.29, 1.82) is 0 Å². The standard InChI is InChI=1S/C20H27N3O5/c1-13-6-4-5-9-20(13)18(25)23(19(26)22-20)12-17(24)21-11-14-10-15(27-2)7-8-16(14)28-3/h7-8,10,13H,4-6,9,11-12H2,1-3H3,(H,21,24)(H,22,26). The number of carbonyl (C=O) groups excluding carboxylic acids is 3. The highest BCUT2D eigenvalue weighted by atomic mass is 16.5. The third-order valence-corrected chi connectivity index (χ3v) is 5.77. The Kier molecular flexibility index (Phi) is 5.76. The average Bonchev–Trinajstić information content (AvgIpc) is 2.93. The number of nitrogens with zero attached hydrogens (tertiary/aromatic N) is 1. The van der Waals surface area contributed by atoms with Crippen LogP contribution in [-0.4, -0.2) is 49.0 Å². The number of nitrogens with one attached hydrogen (secondary N) is 2. The highest BCUT2D eigenvalue weighted by molar-refractivity contribution is 6.09. The predicted octanol–water partition coefficient (Wildman–Crippen LogP) is 1.82. The lowest BCUT2D eigenvalue weighted by Gasteiger charge is -2.36. The van der Waals surface area contributed by atoms with E-state index in [1.54, 1.807) is 32.4 Å². The van der Waals surface area contributed by atoms with Crippen LogP contribution in [0.3, 0.4) is 0 Å². The first-order valence-electron chi connectivity index (χ1n) is 9.53. The fourth-order valence-electron chi connectivity index (χ4n) is 4.05. The maximum Gasteiger partial charge on any atom is 0.325 e. The first kappa shape index (κ1) is 20.0. The van der Waals surface area contributed by atoms with Crippen LogP contribution in [0.4, 0.5) is 4.79 Å². The van der Waals surface area contributed by atoms with Gasteiger partial charge in [-0.1, -0.05) is 19.8 Å². The van der Waals surface area contributed by atoms with Crippen LogP contribution in [-0.2, 0) is 16.1 Å². The Labute approximate surface area is 164 Å². The van der Waals surface area contributed by atoms with E-state index in [2.05, 4.69) is 10.6 Å². The van der Waals surface area contributed by atoms with Gasteiger partial charge in [0.1, 0.15) is 23.6 Å². The molecule has 2 aliphatic rings. The minimum Gasteiger partial charge on any atom is -0.497 e. The molecule has 1 spiro atoms.